The number of nitrogens with zero attached hydrogens (tertiary/aromatic N) is 3. The average molecular weight is 334 g/mol. The number of hydrogen-bond donors (Lipinski definition) is 2. The van der Waals surface area contributed by atoms with Crippen LogP contribution in [0, 0.1) is 5.92 Å². The molecule has 23 heavy (non-hydrogen) atoms. The van der Waals surface area contributed by atoms with Crippen molar-refractivity contribution in [3.05, 3.63) is 41.2 Å². The van der Waals surface area contributed by atoms with Gasteiger partial charge in [0.25, 0.3) is 5.91 Å². The second-order valence-electron chi connectivity index (χ2n) is 5.42. The molecule has 2 amide bonds. The first kappa shape index (κ1) is 15.5. The molecule has 2 N–H and O–H groups in total. The Bertz CT molecular complexity index is 686. The van der Waals surface area contributed by atoms with E-state index in [1.807, 2.05) is 0 Å². The van der Waals surface area contributed by atoms with Crippen molar-refractivity contribution in [1.82, 2.24) is 20.1 Å². The first-order valence-corrected chi connectivity index (χ1v) is 7.72. The predicted octanol–water partition coefficient (Wildman–Crippen LogP) is 1.95. The number of carbonyl (C=O) groups excluding carboxylic acids is 2. The number of piperidine rings is 1. The zero-order valence-electron chi connectivity index (χ0n) is 12.3. The Morgan fingerprint density at radius 3 is 2.78 bits per heavy atom. The minimum Gasteiger partial charge on any atom is -0.338 e. The van der Waals surface area contributed by atoms with Crippen LogP contribution in [0.25, 0.3) is 0 Å². The number of aromatic nitrogens is 3. The number of anilines is 1. The summed E-state index contributed by atoms with van der Waals surface area (Å²) in [5.41, 5.74) is 0.575. The molecule has 1 fully saturated rings. The topological polar surface area (TPSA) is 91.0 Å². The number of halogens is 1. The molecular formula is C15H16ClN5O2. The molecule has 1 saturated heterocycles. The molecule has 1 aliphatic rings. The molecule has 8 heteroatoms. The summed E-state index contributed by atoms with van der Waals surface area (Å²) in [6.07, 6.45) is 2.85. The highest BCUT2D eigenvalue weighted by Crippen LogP contribution is 2.20. The van der Waals surface area contributed by atoms with E-state index in [0.29, 0.717) is 29.6 Å². The van der Waals surface area contributed by atoms with Gasteiger partial charge in [0.1, 0.15) is 6.33 Å². The van der Waals surface area contributed by atoms with Gasteiger partial charge in [-0.15, -0.1) is 0 Å². The number of amides is 2. The van der Waals surface area contributed by atoms with Gasteiger partial charge in [0.05, 0.1) is 5.92 Å². The van der Waals surface area contributed by atoms with Gasteiger partial charge >= 0.3 is 0 Å². The van der Waals surface area contributed by atoms with E-state index >= 15 is 0 Å². The number of benzene rings is 1. The minimum atomic E-state index is -0.259. The third kappa shape index (κ3) is 3.68. The molecule has 2 aromatic rings. The largest absolute Gasteiger partial charge is 0.338 e. The van der Waals surface area contributed by atoms with Gasteiger partial charge in [0, 0.05) is 23.7 Å². The van der Waals surface area contributed by atoms with Gasteiger partial charge < -0.3 is 4.90 Å². The lowest BCUT2D eigenvalue weighted by molar-refractivity contribution is -0.121. The summed E-state index contributed by atoms with van der Waals surface area (Å²) in [7, 11) is 0. The summed E-state index contributed by atoms with van der Waals surface area (Å²) >= 11 is 5.84. The normalized spacial score (nSPS) is 17.8. The van der Waals surface area contributed by atoms with Crippen molar-refractivity contribution in [2.45, 2.75) is 12.8 Å². The van der Waals surface area contributed by atoms with Gasteiger partial charge in [0.2, 0.25) is 11.9 Å². The van der Waals surface area contributed by atoms with Gasteiger partial charge in [-0.2, -0.15) is 10.1 Å². The van der Waals surface area contributed by atoms with Crippen LogP contribution in [0.2, 0.25) is 5.02 Å². The number of likely N-dealkylation sites (tertiary alicyclic amines) is 1. The van der Waals surface area contributed by atoms with Crippen LogP contribution in [0.3, 0.4) is 0 Å². The molecule has 1 atom stereocenters. The highest BCUT2D eigenvalue weighted by Gasteiger charge is 2.29. The van der Waals surface area contributed by atoms with Crippen molar-refractivity contribution in [3.63, 3.8) is 0 Å². The van der Waals surface area contributed by atoms with Crippen LogP contribution in [-0.4, -0.2) is 45.0 Å². The molecule has 0 spiro atoms. The van der Waals surface area contributed by atoms with Crippen LogP contribution in [0.15, 0.2) is 30.6 Å². The van der Waals surface area contributed by atoms with Crippen LogP contribution in [-0.2, 0) is 4.79 Å². The lowest BCUT2D eigenvalue weighted by atomic mass is 9.96. The highest BCUT2D eigenvalue weighted by atomic mass is 35.5. The highest BCUT2D eigenvalue weighted by molar-refractivity contribution is 6.30. The number of H-pyrrole nitrogens is 1. The molecule has 1 aliphatic heterocycles. The van der Waals surface area contributed by atoms with Gasteiger partial charge in [0.15, 0.2) is 0 Å². The maximum atomic E-state index is 12.5. The Hall–Kier alpha value is -2.41. The van der Waals surface area contributed by atoms with E-state index < -0.39 is 0 Å². The fraction of sp³-hybridized carbons (Fsp3) is 0.333. The van der Waals surface area contributed by atoms with E-state index in [2.05, 4.69) is 20.5 Å². The Balaban J connectivity index is 1.64. The Morgan fingerprint density at radius 1 is 1.30 bits per heavy atom. The van der Waals surface area contributed by atoms with Crippen LogP contribution >= 0.6 is 11.6 Å². The van der Waals surface area contributed by atoms with Crippen molar-refractivity contribution in [3.8, 4) is 0 Å². The Morgan fingerprint density at radius 2 is 2.09 bits per heavy atom. The number of aromatic amines is 1. The summed E-state index contributed by atoms with van der Waals surface area (Å²) in [5.74, 6) is -0.185. The van der Waals surface area contributed by atoms with Crippen molar-refractivity contribution in [2.75, 3.05) is 18.4 Å². The molecule has 7 nitrogen and oxygen atoms in total. The molecule has 0 bridgehead atoms. The first-order chi connectivity index (χ1) is 11.1. The zero-order chi connectivity index (χ0) is 16.2. The van der Waals surface area contributed by atoms with Crippen LogP contribution < -0.4 is 5.32 Å². The summed E-state index contributed by atoms with van der Waals surface area (Å²) in [6.45, 7) is 1.04. The summed E-state index contributed by atoms with van der Waals surface area (Å²) in [4.78, 5) is 30.4. The molecule has 1 aromatic carbocycles. The van der Waals surface area contributed by atoms with Gasteiger partial charge in [-0.3, -0.25) is 14.9 Å². The number of nitrogens with one attached hydrogen (secondary N) is 2. The zero-order valence-corrected chi connectivity index (χ0v) is 13.1. The summed E-state index contributed by atoms with van der Waals surface area (Å²) < 4.78 is 0. The number of carbonyl (C=O) groups is 2. The lowest BCUT2D eigenvalue weighted by Gasteiger charge is -2.32. The third-order valence-electron chi connectivity index (χ3n) is 3.83. The van der Waals surface area contributed by atoms with E-state index in [-0.39, 0.29) is 17.7 Å². The monoisotopic (exact) mass is 333 g/mol. The molecule has 0 radical (unpaired) electrons. The second-order valence-corrected chi connectivity index (χ2v) is 5.86. The molecule has 120 valence electrons. The number of rotatable bonds is 3. The number of hydrogen-bond acceptors (Lipinski definition) is 4. The van der Waals surface area contributed by atoms with Crippen molar-refractivity contribution in [2.24, 2.45) is 5.92 Å². The molecule has 2 heterocycles. The standard InChI is InChI=1S/C15H16ClN5O2/c16-12-5-3-10(4-6-12)14(23)21-7-1-2-11(8-21)13(22)19-15-17-9-18-20-15/h3-6,9,11H,1-2,7-8H2,(H2,17,18,19,20,22)/t11-/m1/s1. The fourth-order valence-electron chi connectivity index (χ4n) is 2.64. The van der Waals surface area contributed by atoms with Crippen LogP contribution in [0.4, 0.5) is 5.95 Å². The van der Waals surface area contributed by atoms with Gasteiger partial charge in [-0.25, -0.2) is 5.10 Å². The van der Waals surface area contributed by atoms with E-state index in [9.17, 15) is 9.59 Å². The Kier molecular flexibility index (Phi) is 4.57. The van der Waals surface area contributed by atoms with E-state index in [1.54, 1.807) is 29.2 Å². The minimum absolute atomic E-state index is 0.0844. The molecule has 0 saturated carbocycles. The van der Waals surface area contributed by atoms with Crippen LogP contribution in [0.1, 0.15) is 23.2 Å². The van der Waals surface area contributed by atoms with Crippen molar-refractivity contribution < 1.29 is 9.59 Å². The first-order valence-electron chi connectivity index (χ1n) is 7.34. The maximum Gasteiger partial charge on any atom is 0.253 e. The Labute approximate surface area is 138 Å². The fourth-order valence-corrected chi connectivity index (χ4v) is 2.76. The van der Waals surface area contributed by atoms with E-state index in [0.717, 1.165) is 12.8 Å². The molecule has 1 aromatic heterocycles. The third-order valence-corrected chi connectivity index (χ3v) is 4.08. The molecular weight excluding hydrogens is 318 g/mol. The molecule has 0 aliphatic carbocycles. The second kappa shape index (κ2) is 6.78. The molecule has 3 rings (SSSR count). The summed E-state index contributed by atoms with van der Waals surface area (Å²) in [6, 6.07) is 6.77. The van der Waals surface area contributed by atoms with Gasteiger partial charge in [-0.05, 0) is 37.1 Å². The maximum absolute atomic E-state index is 12.5. The SMILES string of the molecule is O=C(Nc1ncn[nH]1)[C@@H]1CCCN(C(=O)c2ccc(Cl)cc2)C1. The molecule has 0 unspecified atom stereocenters. The lowest BCUT2D eigenvalue weighted by Crippen LogP contribution is -2.43. The van der Waals surface area contributed by atoms with Crippen molar-refractivity contribution in [1.29, 1.82) is 0 Å². The van der Waals surface area contributed by atoms with Crippen molar-refractivity contribution >= 4 is 29.4 Å². The predicted molar refractivity (Wildman–Crippen MR) is 85.1 cm³/mol. The van der Waals surface area contributed by atoms with Gasteiger partial charge in [-0.1, -0.05) is 11.6 Å². The summed E-state index contributed by atoms with van der Waals surface area (Å²) in [5, 5.41) is 9.53. The van der Waals surface area contributed by atoms with E-state index in [1.165, 1.54) is 6.33 Å². The average Bonchev–Trinajstić information content (AvgIpc) is 3.08. The van der Waals surface area contributed by atoms with E-state index in [4.69, 9.17) is 11.6 Å². The quantitative estimate of drug-likeness (QED) is 0.898. The van der Waals surface area contributed by atoms with Crippen LogP contribution in [0.5, 0.6) is 0 Å². The smallest absolute Gasteiger partial charge is 0.253 e.